The van der Waals surface area contributed by atoms with Crippen LogP contribution in [0.3, 0.4) is 0 Å². The summed E-state index contributed by atoms with van der Waals surface area (Å²) in [6.45, 7) is 6.27. The van der Waals surface area contributed by atoms with Gasteiger partial charge in [0, 0.05) is 0 Å². The molecular weight excluding hydrogens is 172 g/mol. The fourth-order valence-electron chi connectivity index (χ4n) is 1.65. The lowest BCUT2D eigenvalue weighted by molar-refractivity contribution is -0.000428. The zero-order valence-corrected chi connectivity index (χ0v) is 8.66. The Kier molecular flexibility index (Phi) is 2.95. The summed E-state index contributed by atoms with van der Waals surface area (Å²) in [4.78, 5) is 0. The van der Waals surface area contributed by atoms with Crippen molar-refractivity contribution < 1.29 is 8.78 Å². The highest BCUT2D eigenvalue weighted by Gasteiger charge is 2.57. The van der Waals surface area contributed by atoms with E-state index in [1.165, 1.54) is 0 Å². The number of hydrogen-bond acceptors (Lipinski definition) is 1. The summed E-state index contributed by atoms with van der Waals surface area (Å²) >= 11 is 0. The number of hydrogen-bond donors (Lipinski definition) is 1. The van der Waals surface area contributed by atoms with E-state index in [2.05, 4.69) is 5.32 Å². The lowest BCUT2D eigenvalue weighted by atomic mass is 9.84. The average Bonchev–Trinajstić information content (AvgIpc) is 2.80. The molecule has 0 saturated heterocycles. The maximum atomic E-state index is 12.9. The van der Waals surface area contributed by atoms with Gasteiger partial charge in [-0.15, -0.1) is 0 Å². The van der Waals surface area contributed by atoms with Crippen LogP contribution in [0.4, 0.5) is 8.78 Å². The first kappa shape index (κ1) is 10.9. The van der Waals surface area contributed by atoms with E-state index in [1.807, 2.05) is 13.8 Å². The van der Waals surface area contributed by atoms with Gasteiger partial charge in [-0.1, -0.05) is 13.8 Å². The van der Waals surface area contributed by atoms with Crippen LogP contribution in [0.1, 0.15) is 40.0 Å². The Bertz CT molecular complexity index is 178. The van der Waals surface area contributed by atoms with Crippen molar-refractivity contribution >= 4 is 0 Å². The van der Waals surface area contributed by atoms with E-state index in [1.54, 1.807) is 6.92 Å². The molecule has 1 atom stereocenters. The first-order valence-corrected chi connectivity index (χ1v) is 4.99. The van der Waals surface area contributed by atoms with Crippen molar-refractivity contribution in [3.05, 3.63) is 0 Å². The molecular formula is C10H19F2N. The van der Waals surface area contributed by atoms with E-state index in [4.69, 9.17) is 0 Å². The first-order chi connectivity index (χ1) is 5.96. The van der Waals surface area contributed by atoms with Crippen molar-refractivity contribution in [2.75, 3.05) is 6.54 Å². The molecule has 1 saturated carbocycles. The number of halogens is 2. The molecule has 78 valence electrons. The van der Waals surface area contributed by atoms with E-state index in [0.29, 0.717) is 6.54 Å². The second-order valence-corrected chi connectivity index (χ2v) is 4.49. The molecule has 1 aliphatic carbocycles. The van der Waals surface area contributed by atoms with Crippen LogP contribution < -0.4 is 5.32 Å². The molecule has 0 aromatic heterocycles. The fraction of sp³-hybridized carbons (Fsp3) is 1.00. The van der Waals surface area contributed by atoms with Gasteiger partial charge in [-0.25, -0.2) is 8.78 Å². The van der Waals surface area contributed by atoms with E-state index < -0.39 is 12.0 Å². The number of alkyl halides is 2. The van der Waals surface area contributed by atoms with Crippen LogP contribution in [0.25, 0.3) is 0 Å². The highest BCUT2D eigenvalue weighted by molar-refractivity contribution is 5.09. The SMILES string of the molecule is CCCNC(C)(C(F)F)C1(C)CC1. The van der Waals surface area contributed by atoms with Gasteiger partial charge in [0.15, 0.2) is 0 Å². The maximum Gasteiger partial charge on any atom is 0.256 e. The Morgan fingerprint density at radius 3 is 2.31 bits per heavy atom. The zero-order valence-electron chi connectivity index (χ0n) is 8.66. The number of nitrogens with one attached hydrogen (secondary N) is 1. The zero-order chi connectivity index (χ0) is 10.1. The van der Waals surface area contributed by atoms with E-state index >= 15 is 0 Å². The predicted octanol–water partition coefficient (Wildman–Crippen LogP) is 2.81. The third-order valence-electron chi connectivity index (χ3n) is 3.43. The van der Waals surface area contributed by atoms with Gasteiger partial charge < -0.3 is 5.32 Å². The van der Waals surface area contributed by atoms with Crippen LogP contribution in [-0.4, -0.2) is 18.5 Å². The second kappa shape index (κ2) is 3.52. The van der Waals surface area contributed by atoms with Crippen molar-refractivity contribution in [2.45, 2.75) is 52.0 Å². The lowest BCUT2D eigenvalue weighted by Gasteiger charge is -2.36. The van der Waals surface area contributed by atoms with Gasteiger partial charge >= 0.3 is 0 Å². The predicted molar refractivity (Wildman–Crippen MR) is 50.0 cm³/mol. The summed E-state index contributed by atoms with van der Waals surface area (Å²) in [6, 6.07) is 0. The normalized spacial score (nSPS) is 24.5. The Labute approximate surface area is 78.9 Å². The molecule has 1 N–H and O–H groups in total. The molecule has 3 heteroatoms. The molecule has 0 aromatic rings. The molecule has 1 unspecified atom stereocenters. The first-order valence-electron chi connectivity index (χ1n) is 4.99. The summed E-state index contributed by atoms with van der Waals surface area (Å²) in [5.74, 6) is 0. The van der Waals surface area contributed by atoms with Crippen molar-refractivity contribution in [3.63, 3.8) is 0 Å². The van der Waals surface area contributed by atoms with Crippen LogP contribution in [0, 0.1) is 5.41 Å². The molecule has 0 aliphatic heterocycles. The molecule has 0 spiro atoms. The monoisotopic (exact) mass is 191 g/mol. The summed E-state index contributed by atoms with van der Waals surface area (Å²) < 4.78 is 25.8. The summed E-state index contributed by atoms with van der Waals surface area (Å²) in [5.41, 5.74) is -1.17. The minimum Gasteiger partial charge on any atom is -0.306 e. The highest BCUT2D eigenvalue weighted by Crippen LogP contribution is 2.55. The van der Waals surface area contributed by atoms with E-state index in [0.717, 1.165) is 19.3 Å². The fourth-order valence-corrected chi connectivity index (χ4v) is 1.65. The van der Waals surface area contributed by atoms with Crippen molar-refractivity contribution in [3.8, 4) is 0 Å². The van der Waals surface area contributed by atoms with E-state index in [9.17, 15) is 8.78 Å². The Morgan fingerprint density at radius 1 is 1.46 bits per heavy atom. The van der Waals surface area contributed by atoms with Gasteiger partial charge in [0.2, 0.25) is 0 Å². The van der Waals surface area contributed by atoms with Gasteiger partial charge in [-0.3, -0.25) is 0 Å². The van der Waals surface area contributed by atoms with Gasteiger partial charge in [-0.2, -0.15) is 0 Å². The molecule has 0 heterocycles. The molecule has 13 heavy (non-hydrogen) atoms. The molecule has 1 fully saturated rings. The standard InChI is InChI=1S/C10H19F2N/c1-4-7-13-10(3,8(11)12)9(2)5-6-9/h8,13H,4-7H2,1-3H3. The molecule has 1 rings (SSSR count). The molecule has 1 aliphatic rings. The molecule has 0 amide bonds. The molecule has 0 bridgehead atoms. The minimum absolute atomic E-state index is 0.184. The van der Waals surface area contributed by atoms with Crippen molar-refractivity contribution in [1.82, 2.24) is 5.32 Å². The molecule has 1 nitrogen and oxygen atoms in total. The quantitative estimate of drug-likeness (QED) is 0.704. The smallest absolute Gasteiger partial charge is 0.256 e. The van der Waals surface area contributed by atoms with Crippen LogP contribution >= 0.6 is 0 Å². The number of rotatable bonds is 5. The van der Waals surface area contributed by atoms with Crippen LogP contribution in [0.5, 0.6) is 0 Å². The summed E-state index contributed by atoms with van der Waals surface area (Å²) in [6.07, 6.45) is 0.472. The van der Waals surface area contributed by atoms with Gasteiger partial charge in [-0.05, 0) is 38.1 Å². The van der Waals surface area contributed by atoms with Gasteiger partial charge in [0.1, 0.15) is 0 Å². The molecule has 0 radical (unpaired) electrons. The summed E-state index contributed by atoms with van der Waals surface area (Å²) in [7, 11) is 0. The minimum atomic E-state index is -2.27. The largest absolute Gasteiger partial charge is 0.306 e. The van der Waals surface area contributed by atoms with E-state index in [-0.39, 0.29) is 5.41 Å². The lowest BCUT2D eigenvalue weighted by Crippen LogP contribution is -2.55. The van der Waals surface area contributed by atoms with Crippen LogP contribution in [-0.2, 0) is 0 Å². The van der Waals surface area contributed by atoms with Crippen LogP contribution in [0.2, 0.25) is 0 Å². The topological polar surface area (TPSA) is 12.0 Å². The van der Waals surface area contributed by atoms with Crippen molar-refractivity contribution in [2.24, 2.45) is 5.41 Å². The molecule has 0 aromatic carbocycles. The third-order valence-corrected chi connectivity index (χ3v) is 3.43. The maximum absolute atomic E-state index is 12.9. The summed E-state index contributed by atoms with van der Waals surface area (Å²) in [5, 5.41) is 3.00. The average molecular weight is 191 g/mol. The van der Waals surface area contributed by atoms with Crippen LogP contribution in [0.15, 0.2) is 0 Å². The Morgan fingerprint density at radius 2 is 2.00 bits per heavy atom. The van der Waals surface area contributed by atoms with Gasteiger partial charge in [0.05, 0.1) is 5.54 Å². The Balaban J connectivity index is 2.63. The third kappa shape index (κ3) is 1.85. The van der Waals surface area contributed by atoms with Crippen molar-refractivity contribution in [1.29, 1.82) is 0 Å². The highest BCUT2D eigenvalue weighted by atomic mass is 19.3. The Hall–Kier alpha value is -0.180. The second-order valence-electron chi connectivity index (χ2n) is 4.49. The van der Waals surface area contributed by atoms with Gasteiger partial charge in [0.25, 0.3) is 6.43 Å².